The monoisotopic (exact) mass is 375 g/mol. The molecule has 5 nitrogen and oxygen atoms in total. The van der Waals surface area contributed by atoms with E-state index >= 15 is 0 Å². The maximum absolute atomic E-state index is 12.2. The van der Waals surface area contributed by atoms with Gasteiger partial charge in [0.2, 0.25) is 10.0 Å². The third-order valence-electron chi connectivity index (χ3n) is 3.72. The largest absolute Gasteiger partial charge is 0.459 e. The molecule has 1 aliphatic rings. The van der Waals surface area contributed by atoms with Crippen LogP contribution in [0.5, 0.6) is 0 Å². The molecule has 0 unspecified atom stereocenters. The van der Waals surface area contributed by atoms with Gasteiger partial charge in [-0.25, -0.2) is 18.4 Å². The lowest BCUT2D eigenvalue weighted by molar-refractivity contribution is 0.0172. The molecule has 0 radical (unpaired) electrons. The second-order valence-corrected chi connectivity index (χ2v) is 7.89. The van der Waals surface area contributed by atoms with Gasteiger partial charge in [-0.15, -0.1) is 0 Å². The normalized spacial score (nSPS) is 22.8. The van der Waals surface area contributed by atoms with Crippen molar-refractivity contribution in [3.8, 4) is 0 Å². The molecule has 0 spiro atoms. The molecule has 0 aliphatic heterocycles. The zero-order chi connectivity index (χ0) is 15.6. The maximum Gasteiger partial charge on any atom is 0.339 e. The molecule has 7 heteroatoms. The number of nitrogens with two attached hydrogens (primary N) is 1. The molecule has 0 atom stereocenters. The van der Waals surface area contributed by atoms with Crippen LogP contribution in [-0.2, 0) is 14.8 Å². The molecule has 0 heterocycles. The fourth-order valence-electron chi connectivity index (χ4n) is 2.40. The number of esters is 1. The smallest absolute Gasteiger partial charge is 0.339 e. The third kappa shape index (κ3) is 4.28. The summed E-state index contributed by atoms with van der Waals surface area (Å²) >= 11 is 3.24. The van der Waals surface area contributed by atoms with Gasteiger partial charge in [-0.1, -0.05) is 6.92 Å². The molecule has 1 aromatic carbocycles. The minimum Gasteiger partial charge on any atom is -0.459 e. The van der Waals surface area contributed by atoms with Crippen LogP contribution in [0.3, 0.4) is 0 Å². The average molecular weight is 376 g/mol. The van der Waals surface area contributed by atoms with Crippen LogP contribution in [0.2, 0.25) is 0 Å². The van der Waals surface area contributed by atoms with Crippen molar-refractivity contribution in [3.63, 3.8) is 0 Å². The second kappa shape index (κ2) is 6.46. The Morgan fingerprint density at radius 3 is 2.48 bits per heavy atom. The number of sulfonamides is 1. The molecule has 1 fully saturated rings. The van der Waals surface area contributed by atoms with E-state index in [0.717, 1.165) is 25.7 Å². The molecule has 116 valence electrons. The van der Waals surface area contributed by atoms with Crippen LogP contribution in [0.25, 0.3) is 0 Å². The Labute approximate surface area is 133 Å². The molecule has 0 amide bonds. The van der Waals surface area contributed by atoms with E-state index in [1.807, 2.05) is 0 Å². The maximum atomic E-state index is 12.2. The topological polar surface area (TPSA) is 86.5 Å². The summed E-state index contributed by atoms with van der Waals surface area (Å²) < 4.78 is 28.7. The zero-order valence-electron chi connectivity index (χ0n) is 11.7. The Morgan fingerprint density at radius 2 is 1.90 bits per heavy atom. The SMILES string of the molecule is CC1CCC(OC(=O)c2cc(S(N)(=O)=O)ccc2Br)CC1. The lowest BCUT2D eigenvalue weighted by Gasteiger charge is -2.26. The van der Waals surface area contributed by atoms with E-state index in [-0.39, 0.29) is 16.6 Å². The van der Waals surface area contributed by atoms with Crippen molar-refractivity contribution in [1.29, 1.82) is 0 Å². The van der Waals surface area contributed by atoms with Crippen molar-refractivity contribution >= 4 is 31.9 Å². The fourth-order valence-corrected chi connectivity index (χ4v) is 3.35. The first-order valence-electron chi connectivity index (χ1n) is 6.80. The van der Waals surface area contributed by atoms with Gasteiger partial charge in [0.25, 0.3) is 0 Å². The highest BCUT2D eigenvalue weighted by atomic mass is 79.9. The van der Waals surface area contributed by atoms with Gasteiger partial charge < -0.3 is 4.74 Å². The van der Waals surface area contributed by atoms with Crippen molar-refractivity contribution < 1.29 is 17.9 Å². The third-order valence-corrected chi connectivity index (χ3v) is 5.33. The van der Waals surface area contributed by atoms with Gasteiger partial charge in [-0.2, -0.15) is 0 Å². The van der Waals surface area contributed by atoms with Crippen LogP contribution in [0.1, 0.15) is 43.0 Å². The fraction of sp³-hybridized carbons (Fsp3) is 0.500. The highest BCUT2D eigenvalue weighted by Crippen LogP contribution is 2.28. The lowest BCUT2D eigenvalue weighted by Crippen LogP contribution is -2.24. The van der Waals surface area contributed by atoms with Crippen molar-refractivity contribution in [2.75, 3.05) is 0 Å². The molecule has 1 aromatic rings. The summed E-state index contributed by atoms with van der Waals surface area (Å²) in [7, 11) is -3.84. The van der Waals surface area contributed by atoms with Gasteiger partial charge in [0.15, 0.2) is 0 Å². The Morgan fingerprint density at radius 1 is 1.29 bits per heavy atom. The van der Waals surface area contributed by atoms with E-state index in [9.17, 15) is 13.2 Å². The van der Waals surface area contributed by atoms with E-state index < -0.39 is 16.0 Å². The molecule has 0 saturated heterocycles. The van der Waals surface area contributed by atoms with Crippen molar-refractivity contribution in [2.24, 2.45) is 11.1 Å². The molecule has 21 heavy (non-hydrogen) atoms. The number of primary sulfonamides is 1. The molecule has 0 bridgehead atoms. The average Bonchev–Trinajstić information content (AvgIpc) is 2.40. The van der Waals surface area contributed by atoms with E-state index in [0.29, 0.717) is 10.4 Å². The van der Waals surface area contributed by atoms with Crippen LogP contribution in [-0.4, -0.2) is 20.5 Å². The van der Waals surface area contributed by atoms with Crippen molar-refractivity contribution in [1.82, 2.24) is 0 Å². The van der Waals surface area contributed by atoms with Gasteiger partial charge in [0.05, 0.1) is 10.5 Å². The molecular weight excluding hydrogens is 358 g/mol. The minimum atomic E-state index is -3.84. The van der Waals surface area contributed by atoms with E-state index in [2.05, 4.69) is 22.9 Å². The highest BCUT2D eigenvalue weighted by Gasteiger charge is 2.24. The summed E-state index contributed by atoms with van der Waals surface area (Å²) in [5.74, 6) is 0.143. The van der Waals surface area contributed by atoms with Crippen molar-refractivity contribution in [3.05, 3.63) is 28.2 Å². The van der Waals surface area contributed by atoms with Gasteiger partial charge in [0, 0.05) is 4.47 Å². The summed E-state index contributed by atoms with van der Waals surface area (Å²) in [6.07, 6.45) is 3.67. The molecule has 1 saturated carbocycles. The van der Waals surface area contributed by atoms with Gasteiger partial charge in [-0.3, -0.25) is 0 Å². The van der Waals surface area contributed by atoms with E-state index in [4.69, 9.17) is 9.88 Å². The molecule has 1 aliphatic carbocycles. The summed E-state index contributed by atoms with van der Waals surface area (Å²) in [5, 5.41) is 5.08. The number of ether oxygens (including phenoxy) is 1. The number of rotatable bonds is 3. The number of hydrogen-bond acceptors (Lipinski definition) is 4. The first-order valence-corrected chi connectivity index (χ1v) is 9.14. The first-order chi connectivity index (χ1) is 9.77. The molecular formula is C14H18BrNO4S. The van der Waals surface area contributed by atoms with Gasteiger partial charge in [0.1, 0.15) is 6.10 Å². The lowest BCUT2D eigenvalue weighted by atomic mass is 9.89. The first kappa shape index (κ1) is 16.5. The standard InChI is InChI=1S/C14H18BrNO4S/c1-9-2-4-10(5-3-9)20-14(17)12-8-11(21(16,18)19)6-7-13(12)15/h6-10H,2-5H2,1H3,(H2,16,18,19). The van der Waals surface area contributed by atoms with Crippen LogP contribution in [0.15, 0.2) is 27.6 Å². The number of halogens is 1. The van der Waals surface area contributed by atoms with Crippen LogP contribution in [0, 0.1) is 5.92 Å². The Hall–Kier alpha value is -0.920. The van der Waals surface area contributed by atoms with Gasteiger partial charge >= 0.3 is 5.97 Å². The minimum absolute atomic E-state index is 0.0984. The predicted octanol–water partition coefficient (Wildman–Crippen LogP) is 2.83. The van der Waals surface area contributed by atoms with Crippen LogP contribution < -0.4 is 5.14 Å². The highest BCUT2D eigenvalue weighted by molar-refractivity contribution is 9.10. The Balaban J connectivity index is 2.15. The summed E-state index contributed by atoms with van der Waals surface area (Å²) in [5.41, 5.74) is 0.181. The number of hydrogen-bond donors (Lipinski definition) is 1. The zero-order valence-corrected chi connectivity index (χ0v) is 14.1. The van der Waals surface area contributed by atoms with Gasteiger partial charge in [-0.05, 0) is 65.7 Å². The Kier molecular flexibility index (Phi) is 5.06. The van der Waals surface area contributed by atoms with Crippen LogP contribution >= 0.6 is 15.9 Å². The number of benzene rings is 1. The van der Waals surface area contributed by atoms with Crippen LogP contribution in [0.4, 0.5) is 0 Å². The summed E-state index contributed by atoms with van der Waals surface area (Å²) in [6, 6.07) is 4.07. The molecule has 0 aromatic heterocycles. The quantitative estimate of drug-likeness (QED) is 0.822. The molecule has 2 rings (SSSR count). The summed E-state index contributed by atoms with van der Waals surface area (Å²) in [6.45, 7) is 2.18. The summed E-state index contributed by atoms with van der Waals surface area (Å²) in [4.78, 5) is 12.1. The number of carbonyl (C=O) groups excluding carboxylic acids is 1. The number of carbonyl (C=O) groups is 1. The Bertz CT molecular complexity index is 636. The van der Waals surface area contributed by atoms with Crippen molar-refractivity contribution in [2.45, 2.75) is 43.6 Å². The predicted molar refractivity (Wildman–Crippen MR) is 82.4 cm³/mol. The van der Waals surface area contributed by atoms with E-state index in [1.165, 1.54) is 18.2 Å². The second-order valence-electron chi connectivity index (χ2n) is 5.47. The van der Waals surface area contributed by atoms with E-state index in [1.54, 1.807) is 0 Å². The molecule has 2 N–H and O–H groups in total.